The van der Waals surface area contributed by atoms with Gasteiger partial charge in [-0.05, 0) is 31.2 Å². The highest BCUT2D eigenvalue weighted by Gasteiger charge is 2.19. The SMILES string of the molecule is COc1cccc(-c2cc(=O)[nH]c(SCc3nc(-c4cc(OC)c(OC)c(OC)c4)oc3C)n2)c1. The maximum Gasteiger partial charge on any atom is 0.252 e. The molecule has 0 aliphatic rings. The Hall–Kier alpha value is -3.92. The molecule has 0 fully saturated rings. The van der Waals surface area contributed by atoms with E-state index in [9.17, 15) is 4.79 Å². The Labute approximate surface area is 206 Å². The van der Waals surface area contributed by atoms with E-state index in [0.29, 0.717) is 56.8 Å². The summed E-state index contributed by atoms with van der Waals surface area (Å²) in [4.78, 5) is 24.3. The van der Waals surface area contributed by atoms with Crippen molar-refractivity contribution >= 4 is 11.8 Å². The molecule has 10 heteroatoms. The molecular weight excluding hydrogens is 470 g/mol. The molecule has 0 atom stereocenters. The van der Waals surface area contributed by atoms with Crippen LogP contribution in [0, 0.1) is 6.92 Å². The van der Waals surface area contributed by atoms with Crippen molar-refractivity contribution in [3.63, 3.8) is 0 Å². The summed E-state index contributed by atoms with van der Waals surface area (Å²) in [5, 5.41) is 0.479. The molecule has 35 heavy (non-hydrogen) atoms. The Kier molecular flexibility index (Phi) is 7.31. The van der Waals surface area contributed by atoms with Gasteiger partial charge in [-0.3, -0.25) is 4.79 Å². The van der Waals surface area contributed by atoms with Crippen molar-refractivity contribution in [1.29, 1.82) is 0 Å². The van der Waals surface area contributed by atoms with Crippen LogP contribution < -0.4 is 24.5 Å². The maximum atomic E-state index is 12.3. The zero-order valence-corrected chi connectivity index (χ0v) is 20.8. The Morgan fingerprint density at radius 3 is 2.31 bits per heavy atom. The van der Waals surface area contributed by atoms with Crippen LogP contribution in [0.5, 0.6) is 23.0 Å². The summed E-state index contributed by atoms with van der Waals surface area (Å²) < 4.78 is 27.4. The Bertz CT molecular complexity index is 1370. The number of hydrogen-bond donors (Lipinski definition) is 1. The lowest BCUT2D eigenvalue weighted by molar-refractivity contribution is 0.324. The molecule has 2 aromatic carbocycles. The fourth-order valence-electron chi connectivity index (χ4n) is 3.46. The Balaban J connectivity index is 1.58. The molecule has 182 valence electrons. The zero-order chi connectivity index (χ0) is 24.9. The number of nitrogens with zero attached hydrogens (tertiary/aromatic N) is 2. The fourth-order valence-corrected chi connectivity index (χ4v) is 4.34. The van der Waals surface area contributed by atoms with Crippen LogP contribution in [0.1, 0.15) is 11.5 Å². The van der Waals surface area contributed by atoms with Gasteiger partial charge in [0, 0.05) is 22.9 Å². The summed E-state index contributed by atoms with van der Waals surface area (Å²) in [5.41, 5.74) is 2.53. The van der Waals surface area contributed by atoms with Gasteiger partial charge in [0.1, 0.15) is 11.5 Å². The number of oxazole rings is 1. The lowest BCUT2D eigenvalue weighted by atomic mass is 10.1. The van der Waals surface area contributed by atoms with Gasteiger partial charge in [-0.1, -0.05) is 23.9 Å². The smallest absolute Gasteiger partial charge is 0.252 e. The van der Waals surface area contributed by atoms with Crippen LogP contribution in [0.25, 0.3) is 22.7 Å². The summed E-state index contributed by atoms with van der Waals surface area (Å²) in [6.07, 6.45) is 0. The van der Waals surface area contributed by atoms with Crippen LogP contribution in [0.3, 0.4) is 0 Å². The van der Waals surface area contributed by atoms with Crippen molar-refractivity contribution in [2.24, 2.45) is 0 Å². The number of nitrogens with one attached hydrogen (secondary N) is 1. The maximum absolute atomic E-state index is 12.3. The molecule has 0 aliphatic heterocycles. The van der Waals surface area contributed by atoms with E-state index in [-0.39, 0.29) is 5.56 Å². The van der Waals surface area contributed by atoms with E-state index in [4.69, 9.17) is 23.4 Å². The van der Waals surface area contributed by atoms with Gasteiger partial charge < -0.3 is 28.3 Å². The number of aryl methyl sites for hydroxylation is 1. The third-order valence-corrected chi connectivity index (χ3v) is 6.12. The first-order valence-corrected chi connectivity index (χ1v) is 11.6. The van der Waals surface area contributed by atoms with Crippen molar-refractivity contribution in [3.8, 4) is 45.7 Å². The Morgan fingerprint density at radius 1 is 0.914 bits per heavy atom. The highest BCUT2D eigenvalue weighted by Crippen LogP contribution is 2.41. The van der Waals surface area contributed by atoms with Gasteiger partial charge in [0.05, 0.1) is 39.8 Å². The molecule has 0 aliphatic carbocycles. The van der Waals surface area contributed by atoms with Crippen molar-refractivity contribution in [2.75, 3.05) is 28.4 Å². The van der Waals surface area contributed by atoms with E-state index in [1.165, 1.54) is 17.8 Å². The molecule has 4 rings (SSSR count). The normalized spacial score (nSPS) is 10.8. The summed E-state index contributed by atoms with van der Waals surface area (Å²) in [7, 11) is 6.25. The highest BCUT2D eigenvalue weighted by atomic mass is 32.2. The monoisotopic (exact) mass is 495 g/mol. The van der Waals surface area contributed by atoms with Gasteiger partial charge in [-0.25, -0.2) is 9.97 Å². The van der Waals surface area contributed by atoms with E-state index in [1.54, 1.807) is 40.6 Å². The molecule has 4 aromatic rings. The summed E-state index contributed by atoms with van der Waals surface area (Å²) in [6.45, 7) is 1.84. The molecular formula is C25H25N3O6S. The zero-order valence-electron chi connectivity index (χ0n) is 20.0. The van der Waals surface area contributed by atoms with Gasteiger partial charge in [-0.15, -0.1) is 0 Å². The van der Waals surface area contributed by atoms with Crippen molar-refractivity contribution in [2.45, 2.75) is 17.8 Å². The summed E-state index contributed by atoms with van der Waals surface area (Å²) in [5.74, 6) is 3.72. The average molecular weight is 496 g/mol. The standard InChI is InChI=1S/C25H25N3O6S/c1-14-19(26-24(34-14)16-10-20(31-3)23(33-5)21(11-16)32-4)13-35-25-27-18(12-22(29)28-25)15-7-6-8-17(9-15)30-2/h6-12H,13H2,1-5H3,(H,27,28,29). The third kappa shape index (κ3) is 5.27. The number of thioether (sulfide) groups is 1. The molecule has 0 spiro atoms. The molecule has 0 amide bonds. The molecule has 0 bridgehead atoms. The molecule has 0 unspecified atom stereocenters. The first-order valence-electron chi connectivity index (χ1n) is 10.6. The first-order chi connectivity index (χ1) is 16.9. The van der Waals surface area contributed by atoms with E-state index in [1.807, 2.05) is 31.2 Å². The average Bonchev–Trinajstić information content (AvgIpc) is 3.26. The van der Waals surface area contributed by atoms with Crippen molar-refractivity contribution in [1.82, 2.24) is 15.0 Å². The van der Waals surface area contributed by atoms with Crippen LogP contribution in [0.4, 0.5) is 0 Å². The van der Waals surface area contributed by atoms with Crippen LogP contribution in [0.2, 0.25) is 0 Å². The van der Waals surface area contributed by atoms with Gasteiger partial charge >= 0.3 is 0 Å². The molecule has 9 nitrogen and oxygen atoms in total. The van der Waals surface area contributed by atoms with Crippen LogP contribution in [0.15, 0.2) is 56.8 Å². The number of aromatic nitrogens is 3. The quantitative estimate of drug-likeness (QED) is 0.260. The van der Waals surface area contributed by atoms with Gasteiger partial charge in [0.25, 0.3) is 5.56 Å². The number of ether oxygens (including phenoxy) is 4. The van der Waals surface area contributed by atoms with Crippen LogP contribution in [-0.4, -0.2) is 43.4 Å². The minimum atomic E-state index is -0.240. The molecule has 0 radical (unpaired) electrons. The second-order valence-electron chi connectivity index (χ2n) is 7.39. The summed E-state index contributed by atoms with van der Waals surface area (Å²) in [6, 6.07) is 12.4. The number of H-pyrrole nitrogens is 1. The Morgan fingerprint density at radius 2 is 1.66 bits per heavy atom. The number of methoxy groups -OCH3 is 4. The number of benzene rings is 2. The van der Waals surface area contributed by atoms with E-state index >= 15 is 0 Å². The second-order valence-corrected chi connectivity index (χ2v) is 8.36. The second kappa shape index (κ2) is 10.6. The predicted octanol–water partition coefficient (Wildman–Crippen LogP) is 4.73. The third-order valence-electron chi connectivity index (χ3n) is 5.24. The van der Waals surface area contributed by atoms with Crippen molar-refractivity contribution in [3.05, 3.63) is 64.3 Å². The highest BCUT2D eigenvalue weighted by molar-refractivity contribution is 7.98. The minimum absolute atomic E-state index is 0.240. The van der Waals surface area contributed by atoms with Crippen molar-refractivity contribution < 1.29 is 23.4 Å². The van der Waals surface area contributed by atoms with Gasteiger partial charge in [-0.2, -0.15) is 0 Å². The lowest BCUT2D eigenvalue weighted by Gasteiger charge is -2.12. The minimum Gasteiger partial charge on any atom is -0.497 e. The molecule has 2 heterocycles. The lowest BCUT2D eigenvalue weighted by Crippen LogP contribution is -2.08. The van der Waals surface area contributed by atoms with E-state index in [0.717, 1.165) is 11.3 Å². The summed E-state index contributed by atoms with van der Waals surface area (Å²) >= 11 is 1.36. The molecule has 2 aromatic heterocycles. The predicted molar refractivity (Wildman–Crippen MR) is 133 cm³/mol. The van der Waals surface area contributed by atoms with Crippen LogP contribution in [-0.2, 0) is 5.75 Å². The van der Waals surface area contributed by atoms with E-state index < -0.39 is 0 Å². The topological polar surface area (TPSA) is 109 Å². The number of rotatable bonds is 9. The van der Waals surface area contributed by atoms with Crippen LogP contribution >= 0.6 is 11.8 Å². The first kappa shape index (κ1) is 24.2. The molecule has 1 N–H and O–H groups in total. The number of aromatic amines is 1. The molecule has 0 saturated heterocycles. The largest absolute Gasteiger partial charge is 0.497 e. The van der Waals surface area contributed by atoms with Gasteiger partial charge in [0.15, 0.2) is 16.7 Å². The fraction of sp³-hybridized carbons (Fsp3) is 0.240. The van der Waals surface area contributed by atoms with E-state index in [2.05, 4.69) is 15.0 Å². The number of hydrogen-bond acceptors (Lipinski definition) is 9. The molecule has 0 saturated carbocycles. The van der Waals surface area contributed by atoms with Gasteiger partial charge in [0.2, 0.25) is 11.6 Å².